The Kier molecular flexibility index (Phi) is 4.94. The highest BCUT2D eigenvalue weighted by atomic mass is 32.2. The highest BCUT2D eigenvalue weighted by molar-refractivity contribution is 7.89. The van der Waals surface area contributed by atoms with Gasteiger partial charge in [-0.25, -0.2) is 21.6 Å². The van der Waals surface area contributed by atoms with Gasteiger partial charge in [-0.2, -0.15) is 4.72 Å². The number of nitrogens with one attached hydrogen (secondary N) is 1. The highest BCUT2D eigenvalue weighted by Gasteiger charge is 2.26. The Bertz CT molecular complexity index is 972. The third kappa shape index (κ3) is 3.92. The first kappa shape index (κ1) is 17.7. The fourth-order valence-corrected chi connectivity index (χ4v) is 4.45. The van der Waals surface area contributed by atoms with Crippen LogP contribution in [-0.2, 0) is 10.0 Å². The Morgan fingerprint density at radius 2 is 1.60 bits per heavy atom. The van der Waals surface area contributed by atoms with Crippen LogP contribution in [0.2, 0.25) is 0 Å². The number of hydrogen-bond acceptors (Lipinski definition) is 3. The van der Waals surface area contributed by atoms with E-state index in [1.807, 2.05) is 0 Å². The van der Waals surface area contributed by atoms with E-state index in [0.29, 0.717) is 16.5 Å². The summed E-state index contributed by atoms with van der Waals surface area (Å²) >= 11 is 1.30. The van der Waals surface area contributed by atoms with Crippen LogP contribution in [0.1, 0.15) is 16.5 Å². The molecule has 1 N–H and O–H groups in total. The molecule has 130 valence electrons. The van der Waals surface area contributed by atoms with E-state index in [1.54, 1.807) is 17.5 Å². The van der Waals surface area contributed by atoms with Gasteiger partial charge in [-0.15, -0.1) is 11.3 Å². The summed E-state index contributed by atoms with van der Waals surface area (Å²) in [5.74, 6) is -2.51. The molecule has 1 aromatic heterocycles. The molecule has 0 unspecified atom stereocenters. The number of hydrogen-bond donors (Lipinski definition) is 1. The van der Waals surface area contributed by atoms with Crippen LogP contribution in [0.3, 0.4) is 0 Å². The van der Waals surface area contributed by atoms with Crippen molar-refractivity contribution in [3.63, 3.8) is 0 Å². The van der Waals surface area contributed by atoms with Crippen molar-refractivity contribution in [1.82, 2.24) is 4.72 Å². The number of rotatable bonds is 5. The molecule has 3 aromatic rings. The fraction of sp³-hybridized carbons (Fsp3) is 0.0588. The van der Waals surface area contributed by atoms with Crippen molar-refractivity contribution in [1.29, 1.82) is 0 Å². The molecule has 1 atom stereocenters. The number of benzene rings is 2. The van der Waals surface area contributed by atoms with E-state index in [2.05, 4.69) is 4.72 Å². The minimum atomic E-state index is -4.27. The van der Waals surface area contributed by atoms with E-state index < -0.39 is 38.4 Å². The molecule has 0 aliphatic carbocycles. The molecule has 0 aliphatic heterocycles. The lowest BCUT2D eigenvalue weighted by molar-refractivity contribution is 0.539. The van der Waals surface area contributed by atoms with Gasteiger partial charge < -0.3 is 0 Å². The van der Waals surface area contributed by atoms with Crippen LogP contribution >= 0.6 is 11.3 Å². The zero-order valence-electron chi connectivity index (χ0n) is 12.6. The summed E-state index contributed by atoms with van der Waals surface area (Å²) in [5.41, 5.74) is 0.495. The smallest absolute Gasteiger partial charge is 0.207 e. The van der Waals surface area contributed by atoms with E-state index in [1.165, 1.54) is 35.6 Å². The normalized spacial score (nSPS) is 12.9. The summed E-state index contributed by atoms with van der Waals surface area (Å²) in [6.45, 7) is 0. The molecule has 3 nitrogen and oxygen atoms in total. The van der Waals surface area contributed by atoms with Crippen LogP contribution in [0.15, 0.2) is 64.9 Å². The zero-order valence-corrected chi connectivity index (χ0v) is 14.3. The largest absolute Gasteiger partial charge is 0.244 e. The molecule has 0 spiro atoms. The fourth-order valence-electron chi connectivity index (χ4n) is 2.31. The minimum Gasteiger partial charge on any atom is -0.207 e. The lowest BCUT2D eigenvalue weighted by atomic mass is 10.1. The molecule has 8 heteroatoms. The maximum Gasteiger partial charge on any atom is 0.244 e. The molecule has 3 rings (SSSR count). The second-order valence-electron chi connectivity index (χ2n) is 5.20. The predicted octanol–water partition coefficient (Wildman–Crippen LogP) is 4.23. The minimum absolute atomic E-state index is 0.457. The maximum absolute atomic E-state index is 13.9. The molecule has 0 fully saturated rings. The van der Waals surface area contributed by atoms with Crippen molar-refractivity contribution in [3.8, 4) is 0 Å². The Morgan fingerprint density at radius 1 is 0.920 bits per heavy atom. The molecule has 0 amide bonds. The van der Waals surface area contributed by atoms with Crippen LogP contribution in [0.4, 0.5) is 13.2 Å². The predicted molar refractivity (Wildman–Crippen MR) is 89.2 cm³/mol. The zero-order chi connectivity index (χ0) is 18.0. The van der Waals surface area contributed by atoms with Crippen molar-refractivity contribution in [2.24, 2.45) is 0 Å². The molecule has 0 bridgehead atoms. The first-order valence-corrected chi connectivity index (χ1v) is 9.49. The van der Waals surface area contributed by atoms with Crippen LogP contribution in [0, 0.1) is 17.5 Å². The van der Waals surface area contributed by atoms with Gasteiger partial charge in [-0.3, -0.25) is 0 Å². The van der Waals surface area contributed by atoms with E-state index >= 15 is 0 Å². The van der Waals surface area contributed by atoms with Gasteiger partial charge in [-0.1, -0.05) is 18.2 Å². The number of sulfonamides is 1. The van der Waals surface area contributed by atoms with Crippen molar-refractivity contribution in [2.75, 3.05) is 0 Å². The van der Waals surface area contributed by atoms with E-state index in [9.17, 15) is 21.6 Å². The lowest BCUT2D eigenvalue weighted by Crippen LogP contribution is -2.29. The monoisotopic (exact) mass is 383 g/mol. The SMILES string of the molecule is O=S(=O)(N[C@@H](c1ccc(F)cc1)c1cccs1)c1ccc(F)cc1F. The topological polar surface area (TPSA) is 46.2 Å². The summed E-state index contributed by atoms with van der Waals surface area (Å²) < 4.78 is 67.6. The maximum atomic E-state index is 13.9. The molecule has 0 saturated heterocycles. The van der Waals surface area contributed by atoms with E-state index in [4.69, 9.17) is 0 Å². The molecule has 1 heterocycles. The number of thiophene rings is 1. The van der Waals surface area contributed by atoms with E-state index in [0.717, 1.165) is 12.1 Å². The second kappa shape index (κ2) is 6.99. The first-order valence-electron chi connectivity index (χ1n) is 7.13. The van der Waals surface area contributed by atoms with E-state index in [-0.39, 0.29) is 0 Å². The van der Waals surface area contributed by atoms with Crippen molar-refractivity contribution in [2.45, 2.75) is 10.9 Å². The molecule has 0 aliphatic rings. The van der Waals surface area contributed by atoms with Crippen LogP contribution in [0.5, 0.6) is 0 Å². The van der Waals surface area contributed by atoms with Gasteiger partial charge in [-0.05, 0) is 41.3 Å². The highest BCUT2D eigenvalue weighted by Crippen LogP contribution is 2.28. The molecular formula is C17H12F3NO2S2. The van der Waals surface area contributed by atoms with Crippen molar-refractivity contribution >= 4 is 21.4 Å². The average molecular weight is 383 g/mol. The van der Waals surface area contributed by atoms with Crippen LogP contribution in [-0.4, -0.2) is 8.42 Å². The standard InChI is InChI=1S/C17H12F3NO2S2/c18-12-5-3-11(4-6-12)17(15-2-1-9-24-15)21-25(22,23)16-8-7-13(19)10-14(16)20/h1-10,17,21H/t17-/m0/s1. The van der Waals surface area contributed by atoms with Crippen LogP contribution in [0.25, 0.3) is 0 Å². The Morgan fingerprint density at radius 3 is 2.20 bits per heavy atom. The summed E-state index contributed by atoms with van der Waals surface area (Å²) in [4.78, 5) is -0.00438. The Balaban J connectivity index is 2.01. The second-order valence-corrected chi connectivity index (χ2v) is 7.86. The van der Waals surface area contributed by atoms with Crippen molar-refractivity contribution < 1.29 is 21.6 Å². The van der Waals surface area contributed by atoms with Gasteiger partial charge in [0.05, 0.1) is 6.04 Å². The van der Waals surface area contributed by atoms with Gasteiger partial charge in [0.15, 0.2) is 0 Å². The summed E-state index contributed by atoms with van der Waals surface area (Å²) in [5, 5.41) is 1.76. The third-order valence-electron chi connectivity index (χ3n) is 3.49. The van der Waals surface area contributed by atoms with Gasteiger partial charge in [0.2, 0.25) is 10.0 Å². The quantitative estimate of drug-likeness (QED) is 0.717. The Labute approximate surface area is 146 Å². The third-order valence-corrected chi connectivity index (χ3v) is 5.88. The summed E-state index contributed by atoms with van der Waals surface area (Å²) in [7, 11) is -4.27. The van der Waals surface area contributed by atoms with Gasteiger partial charge in [0.25, 0.3) is 0 Å². The van der Waals surface area contributed by atoms with Gasteiger partial charge >= 0.3 is 0 Å². The van der Waals surface area contributed by atoms with Crippen LogP contribution < -0.4 is 4.72 Å². The lowest BCUT2D eigenvalue weighted by Gasteiger charge is -2.18. The molecule has 0 radical (unpaired) electrons. The summed E-state index contributed by atoms with van der Waals surface area (Å²) in [6, 6.07) is 10.2. The molecular weight excluding hydrogens is 371 g/mol. The Hall–Kier alpha value is -2.16. The van der Waals surface area contributed by atoms with Crippen molar-refractivity contribution in [3.05, 3.63) is 87.9 Å². The number of halogens is 3. The first-order chi connectivity index (χ1) is 11.9. The average Bonchev–Trinajstić information content (AvgIpc) is 3.07. The molecule has 0 saturated carbocycles. The van der Waals surface area contributed by atoms with Gasteiger partial charge in [0.1, 0.15) is 22.3 Å². The van der Waals surface area contributed by atoms with Gasteiger partial charge in [0, 0.05) is 10.9 Å². The molecule has 25 heavy (non-hydrogen) atoms. The summed E-state index contributed by atoms with van der Waals surface area (Å²) in [6.07, 6.45) is 0. The molecule has 2 aromatic carbocycles.